The standard InChI is InChI=1S/C31H38N5/c1-4-26(29-9-18-34(3)19-10-29)23-31(28-7-13-32-14-8-28)24-27(5-2)30-11-20-35(21-12-30)16-6-17-36-22-15-33-25-36/h7,9-11,13-15,18-22,25-27,31H,3-6,16-17,23-24H2,1-2H3/q+3. The predicted octanol–water partition coefficient (Wildman–Crippen LogP) is 5.48. The SMILES string of the molecule is [CH2-][n+]1ccc(C(CC)CC(CC(CC)C2=[C+]C=[N+](CCCn3ccnc3)C=C2)C2=[C+]C=NC=C2)cc1. The lowest BCUT2D eigenvalue weighted by Crippen LogP contribution is -2.24. The van der Waals surface area contributed by atoms with Crippen molar-refractivity contribution in [1.82, 2.24) is 9.55 Å². The smallest absolute Gasteiger partial charge is 0.314 e. The number of nitrogens with zero attached hydrogens (tertiary/aromatic N) is 5. The third kappa shape index (κ3) is 6.95. The molecule has 0 radical (unpaired) electrons. The normalized spacial score (nSPS) is 16.9. The number of rotatable bonds is 13. The molecule has 3 unspecified atom stereocenters. The molecule has 0 saturated carbocycles. The maximum absolute atomic E-state index is 4.22. The maximum Gasteiger partial charge on any atom is 0.314 e. The first kappa shape index (κ1) is 25.4. The van der Waals surface area contributed by atoms with Gasteiger partial charge in [0.1, 0.15) is 18.4 Å². The summed E-state index contributed by atoms with van der Waals surface area (Å²) in [7, 11) is 3.97. The van der Waals surface area contributed by atoms with Crippen molar-refractivity contribution in [2.24, 2.45) is 16.8 Å². The van der Waals surface area contributed by atoms with Crippen molar-refractivity contribution < 1.29 is 9.14 Å². The molecular weight excluding hydrogens is 442 g/mol. The van der Waals surface area contributed by atoms with Crippen LogP contribution in [0.3, 0.4) is 0 Å². The third-order valence-electron chi connectivity index (χ3n) is 7.27. The summed E-state index contributed by atoms with van der Waals surface area (Å²) in [6.45, 7) is 6.53. The largest absolute Gasteiger partial charge is 0.339 e. The Bertz CT molecular complexity index is 1150. The lowest BCUT2D eigenvalue weighted by molar-refractivity contribution is -0.612. The minimum absolute atomic E-state index is 0.408. The van der Waals surface area contributed by atoms with Gasteiger partial charge >= 0.3 is 6.21 Å². The Morgan fingerprint density at radius 2 is 1.78 bits per heavy atom. The van der Waals surface area contributed by atoms with Gasteiger partial charge < -0.3 is 9.13 Å². The highest BCUT2D eigenvalue weighted by molar-refractivity contribution is 5.70. The van der Waals surface area contributed by atoms with Crippen molar-refractivity contribution in [3.05, 3.63) is 104 Å². The molecule has 4 rings (SSSR count). The van der Waals surface area contributed by atoms with Crippen molar-refractivity contribution in [3.63, 3.8) is 0 Å². The number of aryl methyl sites for hydroxylation is 1. The van der Waals surface area contributed by atoms with Crippen LogP contribution in [0, 0.1) is 31.0 Å². The molecule has 0 fully saturated rings. The highest BCUT2D eigenvalue weighted by Gasteiger charge is 2.32. The van der Waals surface area contributed by atoms with Crippen LogP contribution in [-0.4, -0.2) is 33.1 Å². The van der Waals surface area contributed by atoms with Gasteiger partial charge in [-0.3, -0.25) is 0 Å². The van der Waals surface area contributed by atoms with Gasteiger partial charge in [0.15, 0.2) is 30.0 Å². The van der Waals surface area contributed by atoms with Crippen LogP contribution in [0.25, 0.3) is 0 Å². The molecule has 2 aliphatic heterocycles. The minimum atomic E-state index is 0.408. The Hall–Kier alpha value is -3.65. The highest BCUT2D eigenvalue weighted by atomic mass is 15.0. The molecule has 0 aromatic carbocycles. The fourth-order valence-corrected chi connectivity index (χ4v) is 5.08. The number of aliphatic imine (C=N–C) groups is 1. The number of imidazole rings is 1. The van der Waals surface area contributed by atoms with E-state index in [-0.39, 0.29) is 0 Å². The van der Waals surface area contributed by atoms with Gasteiger partial charge in [-0.2, -0.15) is 4.58 Å². The van der Waals surface area contributed by atoms with Crippen molar-refractivity contribution in [1.29, 1.82) is 0 Å². The number of aromatic nitrogens is 3. The molecule has 0 aliphatic carbocycles. The predicted molar refractivity (Wildman–Crippen MR) is 145 cm³/mol. The number of hydrogen-bond donors (Lipinski definition) is 0. The van der Waals surface area contributed by atoms with E-state index in [0.717, 1.165) is 45.2 Å². The summed E-state index contributed by atoms with van der Waals surface area (Å²) >= 11 is 0. The molecule has 184 valence electrons. The average molecular weight is 481 g/mol. The summed E-state index contributed by atoms with van der Waals surface area (Å²) in [5.41, 5.74) is 3.94. The summed E-state index contributed by atoms with van der Waals surface area (Å²) < 4.78 is 6.21. The molecule has 0 saturated heterocycles. The maximum atomic E-state index is 4.22. The number of pyridine rings is 1. The quantitative estimate of drug-likeness (QED) is 0.276. The van der Waals surface area contributed by atoms with E-state index in [1.54, 1.807) is 6.21 Å². The summed E-state index contributed by atoms with van der Waals surface area (Å²) in [6.07, 6.45) is 34.7. The molecule has 0 bridgehead atoms. The molecule has 3 atom stereocenters. The van der Waals surface area contributed by atoms with Crippen molar-refractivity contribution in [2.45, 2.75) is 58.4 Å². The zero-order chi connectivity index (χ0) is 25.2. The molecular formula is C31H38N5+3. The first-order valence-electron chi connectivity index (χ1n) is 13.2. The van der Waals surface area contributed by atoms with Gasteiger partial charge in [0.2, 0.25) is 0 Å². The van der Waals surface area contributed by atoms with E-state index in [0.29, 0.717) is 17.8 Å². The average Bonchev–Trinajstić information content (AvgIpc) is 3.44. The van der Waals surface area contributed by atoms with Crippen LogP contribution < -0.4 is 4.57 Å². The Morgan fingerprint density at radius 3 is 2.42 bits per heavy atom. The van der Waals surface area contributed by atoms with E-state index in [9.17, 15) is 0 Å². The molecule has 0 amide bonds. The molecule has 2 aromatic rings. The minimum Gasteiger partial charge on any atom is -0.339 e. The van der Waals surface area contributed by atoms with Crippen LogP contribution in [0.2, 0.25) is 0 Å². The third-order valence-corrected chi connectivity index (χ3v) is 7.27. The Morgan fingerprint density at radius 1 is 1.00 bits per heavy atom. The second-order valence-electron chi connectivity index (χ2n) is 9.65. The first-order valence-corrected chi connectivity index (χ1v) is 13.2. The number of hydrogen-bond acceptors (Lipinski definition) is 2. The van der Waals surface area contributed by atoms with E-state index in [2.05, 4.69) is 88.9 Å². The molecule has 36 heavy (non-hydrogen) atoms. The molecule has 0 spiro atoms. The second kappa shape index (κ2) is 12.9. The molecule has 2 aliphatic rings. The van der Waals surface area contributed by atoms with Gasteiger partial charge in [0, 0.05) is 44.2 Å². The fourth-order valence-electron chi connectivity index (χ4n) is 5.08. The van der Waals surface area contributed by atoms with E-state index in [4.69, 9.17) is 0 Å². The van der Waals surface area contributed by atoms with E-state index < -0.39 is 0 Å². The number of allylic oxidation sites excluding steroid dienone is 6. The summed E-state index contributed by atoms with van der Waals surface area (Å²) in [5.74, 6) is 1.35. The monoisotopic (exact) mass is 480 g/mol. The Kier molecular flexibility index (Phi) is 9.10. The van der Waals surface area contributed by atoms with Gasteiger partial charge in [0.05, 0.1) is 24.8 Å². The molecule has 4 heterocycles. The lowest BCUT2D eigenvalue weighted by Gasteiger charge is -2.24. The van der Waals surface area contributed by atoms with Gasteiger partial charge in [-0.05, 0) is 31.6 Å². The van der Waals surface area contributed by atoms with Crippen LogP contribution >= 0.6 is 0 Å². The van der Waals surface area contributed by atoms with E-state index >= 15 is 0 Å². The Balaban J connectivity index is 1.44. The topological polar surface area (TPSA) is 37.1 Å². The van der Waals surface area contributed by atoms with Crippen LogP contribution in [0.5, 0.6) is 0 Å². The molecule has 5 heteroatoms. The second-order valence-corrected chi connectivity index (χ2v) is 9.65. The summed E-state index contributed by atoms with van der Waals surface area (Å²) in [5, 5.41) is 0. The van der Waals surface area contributed by atoms with E-state index in [1.807, 2.05) is 41.9 Å². The molecule has 2 aromatic heterocycles. The van der Waals surface area contributed by atoms with E-state index in [1.165, 1.54) is 16.7 Å². The van der Waals surface area contributed by atoms with Gasteiger partial charge in [-0.25, -0.2) is 9.98 Å². The van der Waals surface area contributed by atoms with Crippen LogP contribution in [0.1, 0.15) is 57.4 Å². The zero-order valence-corrected chi connectivity index (χ0v) is 21.6. The van der Waals surface area contributed by atoms with Gasteiger partial charge in [0.25, 0.3) is 6.20 Å². The van der Waals surface area contributed by atoms with Gasteiger partial charge in [-0.1, -0.05) is 31.5 Å². The molecule has 5 nitrogen and oxygen atoms in total. The first-order chi connectivity index (χ1) is 17.7. The Labute approximate surface area is 216 Å². The molecule has 0 N–H and O–H groups in total. The zero-order valence-electron chi connectivity index (χ0n) is 21.6. The fraction of sp³-hybridized carbons (Fsp3) is 0.387. The van der Waals surface area contributed by atoms with Crippen LogP contribution in [0.4, 0.5) is 0 Å². The van der Waals surface area contributed by atoms with Crippen molar-refractivity contribution in [3.8, 4) is 0 Å². The summed E-state index contributed by atoms with van der Waals surface area (Å²) in [6, 6.07) is 4.42. The van der Waals surface area contributed by atoms with Crippen LogP contribution in [0.15, 0.2) is 83.9 Å². The summed E-state index contributed by atoms with van der Waals surface area (Å²) in [4.78, 5) is 8.34. The lowest BCUT2D eigenvalue weighted by atomic mass is 9.76. The van der Waals surface area contributed by atoms with Crippen molar-refractivity contribution >= 4 is 12.4 Å². The van der Waals surface area contributed by atoms with Crippen molar-refractivity contribution in [2.75, 3.05) is 6.54 Å². The van der Waals surface area contributed by atoms with Gasteiger partial charge in [-0.15, -0.1) is 0 Å². The van der Waals surface area contributed by atoms with Crippen LogP contribution in [-0.2, 0) is 6.54 Å². The highest BCUT2D eigenvalue weighted by Crippen LogP contribution is 2.37.